The zero-order chi connectivity index (χ0) is 14.1. The van der Waals surface area contributed by atoms with Gasteiger partial charge in [0.2, 0.25) is 0 Å². The molecule has 0 saturated carbocycles. The van der Waals surface area contributed by atoms with Gasteiger partial charge in [0.15, 0.2) is 0 Å². The molecule has 0 radical (unpaired) electrons. The highest BCUT2D eigenvalue weighted by Crippen LogP contribution is 2.09. The van der Waals surface area contributed by atoms with Gasteiger partial charge >= 0.3 is 5.97 Å². The van der Waals surface area contributed by atoms with E-state index in [0.717, 1.165) is 32.4 Å². The average molecular weight is 266 g/mol. The lowest BCUT2D eigenvalue weighted by atomic mass is 10.1. The number of hydrogen-bond donors (Lipinski definition) is 4. The van der Waals surface area contributed by atoms with Crippen LogP contribution < -0.4 is 11.1 Å². The Balaban J connectivity index is 1.99. The summed E-state index contributed by atoms with van der Waals surface area (Å²) in [7, 11) is 0. The summed E-state index contributed by atoms with van der Waals surface area (Å²) in [4.78, 5) is 10.5. The van der Waals surface area contributed by atoms with Gasteiger partial charge in [0, 0.05) is 0 Å². The SMILES string of the molecule is N[C@@H](CCCCNCCc1ccc(O)cc1)C(=O)O. The second-order valence-corrected chi connectivity index (χ2v) is 4.61. The number of phenols is 1. The summed E-state index contributed by atoms with van der Waals surface area (Å²) in [6.45, 7) is 1.74. The molecule has 1 rings (SSSR count). The Morgan fingerprint density at radius 1 is 1.21 bits per heavy atom. The van der Waals surface area contributed by atoms with Crippen molar-refractivity contribution in [2.45, 2.75) is 31.7 Å². The molecule has 1 atom stereocenters. The molecule has 1 aromatic carbocycles. The Hall–Kier alpha value is -1.59. The molecule has 5 heteroatoms. The van der Waals surface area contributed by atoms with Gasteiger partial charge in [0.1, 0.15) is 11.8 Å². The number of aliphatic carboxylic acids is 1. The van der Waals surface area contributed by atoms with Gasteiger partial charge in [-0.05, 0) is 50.0 Å². The van der Waals surface area contributed by atoms with Gasteiger partial charge in [-0.2, -0.15) is 0 Å². The van der Waals surface area contributed by atoms with Crippen LogP contribution in [0.4, 0.5) is 0 Å². The zero-order valence-electron chi connectivity index (χ0n) is 11.0. The second-order valence-electron chi connectivity index (χ2n) is 4.61. The largest absolute Gasteiger partial charge is 0.508 e. The first-order valence-corrected chi connectivity index (χ1v) is 6.56. The van der Waals surface area contributed by atoms with Crippen molar-refractivity contribution in [2.75, 3.05) is 13.1 Å². The van der Waals surface area contributed by atoms with Crippen LogP contribution in [0.1, 0.15) is 24.8 Å². The first-order valence-electron chi connectivity index (χ1n) is 6.56. The van der Waals surface area contributed by atoms with Gasteiger partial charge in [-0.25, -0.2) is 0 Å². The van der Waals surface area contributed by atoms with Gasteiger partial charge in [0.25, 0.3) is 0 Å². The molecule has 0 saturated heterocycles. The topological polar surface area (TPSA) is 95.6 Å². The maximum atomic E-state index is 10.5. The maximum Gasteiger partial charge on any atom is 0.320 e. The number of hydrogen-bond acceptors (Lipinski definition) is 4. The number of rotatable bonds is 9. The molecule has 0 heterocycles. The minimum atomic E-state index is -0.930. The molecular weight excluding hydrogens is 244 g/mol. The number of carboxylic acids is 1. The van der Waals surface area contributed by atoms with Crippen molar-refractivity contribution in [3.63, 3.8) is 0 Å². The number of nitrogens with one attached hydrogen (secondary N) is 1. The molecule has 5 N–H and O–H groups in total. The van der Waals surface area contributed by atoms with Crippen LogP contribution in [-0.4, -0.2) is 35.3 Å². The predicted molar refractivity (Wildman–Crippen MR) is 74.1 cm³/mol. The summed E-state index contributed by atoms with van der Waals surface area (Å²) in [5.74, 6) is -0.647. The number of nitrogens with two attached hydrogens (primary N) is 1. The summed E-state index contributed by atoms with van der Waals surface area (Å²) in [5, 5.41) is 21.1. The summed E-state index contributed by atoms with van der Waals surface area (Å²) in [6.07, 6.45) is 3.18. The van der Waals surface area contributed by atoms with Crippen molar-refractivity contribution in [2.24, 2.45) is 5.73 Å². The van der Waals surface area contributed by atoms with E-state index in [0.29, 0.717) is 6.42 Å². The Bertz CT molecular complexity index is 379. The van der Waals surface area contributed by atoms with Gasteiger partial charge in [-0.1, -0.05) is 18.6 Å². The van der Waals surface area contributed by atoms with E-state index in [-0.39, 0.29) is 5.75 Å². The predicted octanol–water partition coefficient (Wildman–Crippen LogP) is 1.11. The van der Waals surface area contributed by atoms with E-state index >= 15 is 0 Å². The first-order chi connectivity index (χ1) is 9.09. The van der Waals surface area contributed by atoms with Gasteiger partial charge in [-0.15, -0.1) is 0 Å². The molecule has 5 nitrogen and oxygen atoms in total. The molecule has 0 aromatic heterocycles. The molecule has 0 unspecified atom stereocenters. The third-order valence-corrected chi connectivity index (χ3v) is 2.96. The van der Waals surface area contributed by atoms with E-state index in [4.69, 9.17) is 15.9 Å². The van der Waals surface area contributed by atoms with Crippen molar-refractivity contribution < 1.29 is 15.0 Å². The molecular formula is C14H22N2O3. The molecule has 0 fully saturated rings. The van der Waals surface area contributed by atoms with E-state index in [2.05, 4.69) is 5.32 Å². The zero-order valence-corrected chi connectivity index (χ0v) is 11.0. The number of unbranched alkanes of at least 4 members (excludes halogenated alkanes) is 1. The molecule has 0 aliphatic heterocycles. The Morgan fingerprint density at radius 2 is 1.89 bits per heavy atom. The summed E-state index contributed by atoms with van der Waals surface area (Å²) < 4.78 is 0. The third kappa shape index (κ3) is 6.79. The fourth-order valence-electron chi connectivity index (χ4n) is 1.76. The van der Waals surface area contributed by atoms with Crippen molar-refractivity contribution >= 4 is 5.97 Å². The van der Waals surface area contributed by atoms with Crippen LogP contribution in [0.15, 0.2) is 24.3 Å². The summed E-state index contributed by atoms with van der Waals surface area (Å²) >= 11 is 0. The summed E-state index contributed by atoms with van der Waals surface area (Å²) in [6, 6.07) is 6.44. The normalized spacial score (nSPS) is 12.3. The highest BCUT2D eigenvalue weighted by molar-refractivity contribution is 5.72. The Labute approximate surface area is 113 Å². The number of phenolic OH excluding ortho intramolecular Hbond substituents is 1. The van der Waals surface area contributed by atoms with Crippen LogP contribution >= 0.6 is 0 Å². The van der Waals surface area contributed by atoms with Crippen LogP contribution in [0.5, 0.6) is 5.75 Å². The Morgan fingerprint density at radius 3 is 2.53 bits per heavy atom. The first kappa shape index (κ1) is 15.5. The molecule has 0 spiro atoms. The number of carbonyl (C=O) groups is 1. The molecule has 19 heavy (non-hydrogen) atoms. The highest BCUT2D eigenvalue weighted by atomic mass is 16.4. The van der Waals surface area contributed by atoms with Gasteiger partial charge < -0.3 is 21.3 Å². The molecule has 1 aromatic rings. The fraction of sp³-hybridized carbons (Fsp3) is 0.500. The fourth-order valence-corrected chi connectivity index (χ4v) is 1.76. The van der Waals surface area contributed by atoms with Crippen LogP contribution in [-0.2, 0) is 11.2 Å². The quantitative estimate of drug-likeness (QED) is 0.502. The van der Waals surface area contributed by atoms with Crippen LogP contribution in [0.2, 0.25) is 0 Å². The van der Waals surface area contributed by atoms with E-state index < -0.39 is 12.0 Å². The van der Waals surface area contributed by atoms with Gasteiger partial charge in [0.05, 0.1) is 0 Å². The molecule has 0 aliphatic rings. The average Bonchev–Trinajstić information content (AvgIpc) is 2.39. The molecule has 0 amide bonds. The highest BCUT2D eigenvalue weighted by Gasteiger charge is 2.09. The molecule has 106 valence electrons. The number of carboxylic acid groups (broad SMARTS) is 1. The van der Waals surface area contributed by atoms with Crippen LogP contribution in [0.25, 0.3) is 0 Å². The summed E-state index contributed by atoms with van der Waals surface area (Å²) in [5.41, 5.74) is 6.58. The monoisotopic (exact) mass is 266 g/mol. The number of benzene rings is 1. The third-order valence-electron chi connectivity index (χ3n) is 2.96. The smallest absolute Gasteiger partial charge is 0.320 e. The molecule has 0 aliphatic carbocycles. The lowest BCUT2D eigenvalue weighted by Gasteiger charge is -2.07. The van der Waals surface area contributed by atoms with Gasteiger partial charge in [-0.3, -0.25) is 4.79 Å². The van der Waals surface area contributed by atoms with Crippen molar-refractivity contribution in [1.82, 2.24) is 5.32 Å². The van der Waals surface area contributed by atoms with E-state index in [1.807, 2.05) is 12.1 Å². The minimum absolute atomic E-state index is 0.284. The van der Waals surface area contributed by atoms with E-state index in [1.165, 1.54) is 5.56 Å². The second kappa shape index (κ2) is 8.50. The standard InChI is InChI=1S/C14H22N2O3/c15-13(14(18)19)3-1-2-9-16-10-8-11-4-6-12(17)7-5-11/h4-7,13,16-17H,1-3,8-10,15H2,(H,18,19)/t13-/m0/s1. The van der Waals surface area contributed by atoms with Crippen molar-refractivity contribution in [3.8, 4) is 5.75 Å². The minimum Gasteiger partial charge on any atom is -0.508 e. The van der Waals surface area contributed by atoms with Crippen LogP contribution in [0.3, 0.4) is 0 Å². The lowest BCUT2D eigenvalue weighted by Crippen LogP contribution is -2.30. The Kier molecular flexibility index (Phi) is 6.92. The van der Waals surface area contributed by atoms with Crippen molar-refractivity contribution in [1.29, 1.82) is 0 Å². The van der Waals surface area contributed by atoms with Crippen LogP contribution in [0, 0.1) is 0 Å². The van der Waals surface area contributed by atoms with E-state index in [9.17, 15) is 4.79 Å². The van der Waals surface area contributed by atoms with E-state index in [1.54, 1.807) is 12.1 Å². The van der Waals surface area contributed by atoms with Crippen molar-refractivity contribution in [3.05, 3.63) is 29.8 Å². The maximum absolute atomic E-state index is 10.5. The lowest BCUT2D eigenvalue weighted by molar-refractivity contribution is -0.138. The molecule has 0 bridgehead atoms. The number of aromatic hydroxyl groups is 1.